The second-order valence-corrected chi connectivity index (χ2v) is 7.93. The Morgan fingerprint density at radius 2 is 2.19 bits per heavy atom. The Labute approximate surface area is 158 Å². The highest BCUT2D eigenvalue weighted by Crippen LogP contribution is 2.27. The number of amides is 1. The average molecular weight is 393 g/mol. The summed E-state index contributed by atoms with van der Waals surface area (Å²) in [7, 11) is 0.760. The number of aromatic nitrogens is 2. The van der Waals surface area contributed by atoms with Gasteiger partial charge in [0.05, 0.1) is 4.90 Å². The van der Waals surface area contributed by atoms with Crippen molar-refractivity contribution in [3.8, 4) is 0 Å². The molecule has 0 saturated carbocycles. The van der Waals surface area contributed by atoms with Crippen LogP contribution >= 0.6 is 0 Å². The molecular weight excluding hydrogens is 372 g/mol. The lowest BCUT2D eigenvalue weighted by Gasteiger charge is -2.17. The molecule has 3 heterocycles. The minimum atomic E-state index is -2.71. The van der Waals surface area contributed by atoms with Crippen molar-refractivity contribution in [2.24, 2.45) is 13.0 Å². The summed E-state index contributed by atoms with van der Waals surface area (Å²) in [6, 6.07) is 2.66. The minimum Gasteiger partial charge on any atom is -0.345 e. The number of nitrogens with one attached hydrogen (secondary N) is 3. The van der Waals surface area contributed by atoms with Crippen molar-refractivity contribution < 1.29 is 13.6 Å². The number of nitrogens with zero attached hydrogens (tertiary/aromatic N) is 2. The first-order valence-corrected chi connectivity index (χ1v) is 9.65. The molecule has 2 aromatic rings. The van der Waals surface area contributed by atoms with Crippen molar-refractivity contribution in [3.05, 3.63) is 47.6 Å². The smallest absolute Gasteiger partial charge is 0.280 e. The molecule has 1 aliphatic rings. The molecule has 0 saturated heterocycles. The van der Waals surface area contributed by atoms with Crippen LogP contribution in [0.4, 0.5) is 14.5 Å². The van der Waals surface area contributed by atoms with E-state index >= 15 is 0 Å². The Morgan fingerprint density at radius 3 is 2.85 bits per heavy atom. The molecule has 0 bridgehead atoms. The van der Waals surface area contributed by atoms with Crippen LogP contribution in [0.5, 0.6) is 0 Å². The van der Waals surface area contributed by atoms with E-state index < -0.39 is 28.9 Å². The van der Waals surface area contributed by atoms with E-state index in [1.807, 2.05) is 12.2 Å². The van der Waals surface area contributed by atoms with Crippen LogP contribution < -0.4 is 10.0 Å². The lowest BCUT2D eigenvalue weighted by Crippen LogP contribution is -2.32. The van der Waals surface area contributed by atoms with Crippen molar-refractivity contribution in [2.45, 2.75) is 31.2 Å². The molecule has 3 N–H and O–H groups in total. The standard InChI is InChI=1S/C18H21F2N5OS/c1-10(2)13-5-4-12-15(27(21)24-13)9-25(3)16(12)18(26)23-11-6-7-22-14(8-11)17(19)20/h4-10,13,17H,1-3H3,(H2,21,24)(H,22,23,26). The van der Waals surface area contributed by atoms with Crippen LogP contribution in [0.3, 0.4) is 0 Å². The highest BCUT2D eigenvalue weighted by Gasteiger charge is 2.25. The number of pyridine rings is 1. The third kappa shape index (κ3) is 3.98. The van der Waals surface area contributed by atoms with Crippen LogP contribution in [0.1, 0.15) is 42.0 Å². The minimum absolute atomic E-state index is 0.0354. The van der Waals surface area contributed by atoms with Crippen LogP contribution in [0.2, 0.25) is 0 Å². The molecule has 9 heteroatoms. The van der Waals surface area contributed by atoms with E-state index in [2.05, 4.69) is 28.9 Å². The van der Waals surface area contributed by atoms with Crippen molar-refractivity contribution >= 4 is 28.5 Å². The third-order valence-corrected chi connectivity index (χ3v) is 5.60. The molecular formula is C18H21F2N5OS. The van der Waals surface area contributed by atoms with E-state index in [1.54, 1.807) is 17.8 Å². The molecule has 2 atom stereocenters. The van der Waals surface area contributed by atoms with Gasteiger partial charge in [-0.05, 0) is 28.9 Å². The molecule has 0 fully saturated rings. The fourth-order valence-electron chi connectivity index (χ4n) is 2.86. The summed E-state index contributed by atoms with van der Waals surface area (Å²) >= 11 is 0. The van der Waals surface area contributed by atoms with E-state index in [0.717, 1.165) is 11.0 Å². The van der Waals surface area contributed by atoms with Gasteiger partial charge < -0.3 is 9.88 Å². The first kappa shape index (κ1) is 19.4. The number of carbonyl (C=O) groups is 1. The number of fused-ring (bicyclic) bond motifs is 1. The molecule has 0 radical (unpaired) electrons. The zero-order valence-electron chi connectivity index (χ0n) is 15.2. The Hall–Kier alpha value is -2.39. The van der Waals surface area contributed by atoms with Gasteiger partial charge in [-0.2, -0.15) is 0 Å². The first-order chi connectivity index (χ1) is 12.8. The summed E-state index contributed by atoms with van der Waals surface area (Å²) < 4.78 is 39.0. The van der Waals surface area contributed by atoms with Crippen LogP contribution in [0.15, 0.2) is 35.5 Å². The summed E-state index contributed by atoms with van der Waals surface area (Å²) in [5, 5.41) is 2.65. The monoisotopic (exact) mass is 393 g/mol. The molecule has 1 aliphatic heterocycles. The number of anilines is 1. The van der Waals surface area contributed by atoms with E-state index in [4.69, 9.17) is 4.78 Å². The van der Waals surface area contributed by atoms with E-state index in [-0.39, 0.29) is 11.7 Å². The van der Waals surface area contributed by atoms with Crippen LogP contribution in [0.25, 0.3) is 6.08 Å². The van der Waals surface area contributed by atoms with Gasteiger partial charge in [0.2, 0.25) is 0 Å². The van der Waals surface area contributed by atoms with Crippen LogP contribution in [0, 0.1) is 10.7 Å². The van der Waals surface area contributed by atoms with E-state index in [1.165, 1.54) is 12.3 Å². The maximum absolute atomic E-state index is 12.8. The summed E-state index contributed by atoms with van der Waals surface area (Å²) in [4.78, 5) is 17.2. The molecule has 144 valence electrons. The van der Waals surface area contributed by atoms with Gasteiger partial charge in [0.15, 0.2) is 0 Å². The Bertz CT molecular complexity index is 922. The maximum atomic E-state index is 12.8. The summed E-state index contributed by atoms with van der Waals surface area (Å²) in [6.07, 6.45) is 4.11. The average Bonchev–Trinajstić information content (AvgIpc) is 2.86. The van der Waals surface area contributed by atoms with Crippen molar-refractivity contribution in [2.75, 3.05) is 5.32 Å². The van der Waals surface area contributed by atoms with Crippen molar-refractivity contribution in [3.63, 3.8) is 0 Å². The number of halogens is 2. The summed E-state index contributed by atoms with van der Waals surface area (Å²) in [6.45, 7) is 4.12. The number of hydrogen-bond donors (Lipinski definition) is 3. The Morgan fingerprint density at radius 1 is 1.44 bits per heavy atom. The molecule has 0 aliphatic carbocycles. The molecule has 1 amide bonds. The quantitative estimate of drug-likeness (QED) is 0.737. The summed E-state index contributed by atoms with van der Waals surface area (Å²) in [5.41, 5.74) is 0.913. The predicted molar refractivity (Wildman–Crippen MR) is 102 cm³/mol. The van der Waals surface area contributed by atoms with Gasteiger partial charge in [-0.25, -0.2) is 13.5 Å². The largest absolute Gasteiger partial charge is 0.345 e. The second kappa shape index (κ2) is 7.69. The molecule has 6 nitrogen and oxygen atoms in total. The SMILES string of the molecule is CC(C)C1C=Cc2c(cn(C)c2C(=O)Nc2ccnc(C(F)F)c2)S(=N)N1. The van der Waals surface area contributed by atoms with Gasteiger partial charge >= 0.3 is 0 Å². The van der Waals surface area contributed by atoms with E-state index in [0.29, 0.717) is 17.2 Å². The van der Waals surface area contributed by atoms with Gasteiger partial charge in [-0.1, -0.05) is 26.0 Å². The van der Waals surface area contributed by atoms with E-state index in [9.17, 15) is 13.6 Å². The zero-order chi connectivity index (χ0) is 19.7. The van der Waals surface area contributed by atoms with Gasteiger partial charge in [-0.3, -0.25) is 14.6 Å². The van der Waals surface area contributed by atoms with Gasteiger partial charge in [0, 0.05) is 36.7 Å². The number of carbonyl (C=O) groups excluding carboxylic acids is 1. The predicted octanol–water partition coefficient (Wildman–Crippen LogP) is 3.91. The van der Waals surface area contributed by atoms with Crippen LogP contribution in [-0.4, -0.2) is 21.5 Å². The molecule has 27 heavy (non-hydrogen) atoms. The Kier molecular flexibility index (Phi) is 5.52. The summed E-state index contributed by atoms with van der Waals surface area (Å²) in [5.74, 6) is -0.115. The fraction of sp³-hybridized carbons (Fsp3) is 0.333. The first-order valence-electron chi connectivity index (χ1n) is 8.42. The van der Waals surface area contributed by atoms with Crippen molar-refractivity contribution in [1.82, 2.24) is 14.3 Å². The normalized spacial score (nSPS) is 19.2. The Balaban J connectivity index is 1.94. The lowest BCUT2D eigenvalue weighted by molar-refractivity contribution is 0.101. The number of alkyl halides is 2. The molecule has 2 aromatic heterocycles. The topological polar surface area (TPSA) is 82.8 Å². The van der Waals surface area contributed by atoms with Crippen molar-refractivity contribution in [1.29, 1.82) is 4.78 Å². The second-order valence-electron chi connectivity index (χ2n) is 6.64. The van der Waals surface area contributed by atoms with Gasteiger partial charge in [-0.15, -0.1) is 0 Å². The molecule has 0 aromatic carbocycles. The van der Waals surface area contributed by atoms with Gasteiger partial charge in [0.1, 0.15) is 11.4 Å². The highest BCUT2D eigenvalue weighted by atomic mass is 32.2. The number of rotatable bonds is 4. The third-order valence-electron chi connectivity index (χ3n) is 4.32. The lowest BCUT2D eigenvalue weighted by atomic mass is 10.0. The maximum Gasteiger partial charge on any atom is 0.280 e. The molecule has 0 spiro atoms. The number of aryl methyl sites for hydroxylation is 1. The highest BCUT2D eigenvalue weighted by molar-refractivity contribution is 7.84. The zero-order valence-corrected chi connectivity index (χ0v) is 16.0. The van der Waals surface area contributed by atoms with Gasteiger partial charge in [0.25, 0.3) is 12.3 Å². The molecule has 2 unspecified atom stereocenters. The fourth-order valence-corrected chi connectivity index (χ4v) is 4.25. The van der Waals surface area contributed by atoms with Crippen LogP contribution in [-0.2, 0) is 17.9 Å². The molecule has 3 rings (SSSR count). The number of hydrogen-bond acceptors (Lipinski definition) is 3.